The number of anilines is 1. The van der Waals surface area contributed by atoms with Crippen LogP contribution in [0, 0.1) is 0 Å². The van der Waals surface area contributed by atoms with Crippen LogP contribution in [-0.4, -0.2) is 32.8 Å². The molecule has 0 radical (unpaired) electrons. The lowest BCUT2D eigenvalue weighted by Gasteiger charge is -2.38. The summed E-state index contributed by atoms with van der Waals surface area (Å²) in [5, 5.41) is 4.04. The van der Waals surface area contributed by atoms with Gasteiger partial charge in [0.15, 0.2) is 0 Å². The molecule has 18 heavy (non-hydrogen) atoms. The molecule has 0 saturated carbocycles. The van der Waals surface area contributed by atoms with Crippen LogP contribution in [0.5, 0.6) is 0 Å². The molecule has 100 valence electrons. The van der Waals surface area contributed by atoms with E-state index in [9.17, 15) is 0 Å². The van der Waals surface area contributed by atoms with E-state index < -0.39 is 0 Å². The summed E-state index contributed by atoms with van der Waals surface area (Å²) in [6.07, 6.45) is 1.07. The topological polar surface area (TPSA) is 24.5 Å². The molecule has 1 unspecified atom stereocenters. The molecule has 0 amide bonds. The molecule has 1 N–H and O–H groups in total. The smallest absolute Gasteiger partial charge is 0.0670 e. The lowest BCUT2D eigenvalue weighted by Crippen LogP contribution is -2.45. The first kappa shape index (κ1) is 13.7. The van der Waals surface area contributed by atoms with Crippen molar-refractivity contribution < 1.29 is 4.74 Å². The number of hydrogen-bond acceptors (Lipinski definition) is 3. The molecule has 1 aliphatic heterocycles. The summed E-state index contributed by atoms with van der Waals surface area (Å²) >= 11 is 6.41. The van der Waals surface area contributed by atoms with Crippen LogP contribution in [0.1, 0.15) is 18.9 Å². The van der Waals surface area contributed by atoms with Gasteiger partial charge in [0.1, 0.15) is 0 Å². The van der Waals surface area contributed by atoms with Gasteiger partial charge in [-0.2, -0.15) is 0 Å². The number of rotatable bonds is 4. The molecule has 1 heterocycles. The highest BCUT2D eigenvalue weighted by Gasteiger charge is 2.25. The van der Waals surface area contributed by atoms with Crippen LogP contribution in [0.2, 0.25) is 5.02 Å². The average Bonchev–Trinajstić information content (AvgIpc) is 2.39. The summed E-state index contributed by atoms with van der Waals surface area (Å²) in [5.41, 5.74) is 2.43. The highest BCUT2D eigenvalue weighted by Crippen LogP contribution is 2.33. The van der Waals surface area contributed by atoms with Crippen molar-refractivity contribution in [3.63, 3.8) is 0 Å². The number of hydrogen-bond donors (Lipinski definition) is 1. The van der Waals surface area contributed by atoms with Gasteiger partial charge in [0.25, 0.3) is 0 Å². The van der Waals surface area contributed by atoms with E-state index in [4.69, 9.17) is 16.3 Å². The van der Waals surface area contributed by atoms with E-state index in [1.807, 2.05) is 19.2 Å². The van der Waals surface area contributed by atoms with E-state index in [1.165, 1.54) is 11.3 Å². The SMILES string of the molecule is CCC1COCCN1c1c(Cl)cccc1CNC. The number of nitrogens with zero attached hydrogens (tertiary/aromatic N) is 1. The lowest BCUT2D eigenvalue weighted by atomic mass is 10.1. The van der Waals surface area contributed by atoms with Gasteiger partial charge < -0.3 is 15.0 Å². The van der Waals surface area contributed by atoms with Gasteiger partial charge in [-0.15, -0.1) is 0 Å². The molecular formula is C14H21ClN2O. The number of benzene rings is 1. The highest BCUT2D eigenvalue weighted by atomic mass is 35.5. The first-order valence-corrected chi connectivity index (χ1v) is 6.92. The Morgan fingerprint density at radius 1 is 1.50 bits per heavy atom. The Hall–Kier alpha value is -0.770. The summed E-state index contributed by atoms with van der Waals surface area (Å²) in [4.78, 5) is 2.40. The zero-order valence-electron chi connectivity index (χ0n) is 11.1. The number of nitrogens with one attached hydrogen (secondary N) is 1. The molecule has 1 aliphatic rings. The van der Waals surface area contributed by atoms with E-state index in [-0.39, 0.29) is 0 Å². The minimum atomic E-state index is 0.425. The molecule has 1 aromatic carbocycles. The molecule has 0 spiro atoms. The third-order valence-electron chi connectivity index (χ3n) is 3.42. The van der Waals surface area contributed by atoms with Crippen LogP contribution in [0.3, 0.4) is 0 Å². The second kappa shape index (κ2) is 6.41. The van der Waals surface area contributed by atoms with Crippen LogP contribution in [0.15, 0.2) is 18.2 Å². The largest absolute Gasteiger partial charge is 0.377 e. The predicted octanol–water partition coefficient (Wildman–Crippen LogP) is 2.67. The van der Waals surface area contributed by atoms with E-state index in [1.54, 1.807) is 0 Å². The minimum Gasteiger partial charge on any atom is -0.377 e. The van der Waals surface area contributed by atoms with Gasteiger partial charge >= 0.3 is 0 Å². The van der Waals surface area contributed by atoms with Crippen molar-refractivity contribution in [2.45, 2.75) is 25.9 Å². The monoisotopic (exact) mass is 268 g/mol. The molecule has 0 aliphatic carbocycles. The second-order valence-corrected chi connectivity index (χ2v) is 5.02. The summed E-state index contributed by atoms with van der Waals surface area (Å²) in [6.45, 7) is 5.52. The number of halogens is 1. The summed E-state index contributed by atoms with van der Waals surface area (Å²) in [7, 11) is 1.96. The van der Waals surface area contributed by atoms with E-state index in [0.717, 1.165) is 37.7 Å². The minimum absolute atomic E-state index is 0.425. The van der Waals surface area contributed by atoms with Gasteiger partial charge in [0, 0.05) is 13.1 Å². The number of para-hydroxylation sites is 1. The lowest BCUT2D eigenvalue weighted by molar-refractivity contribution is 0.0929. The molecule has 4 heteroatoms. The van der Waals surface area contributed by atoms with Crippen molar-refractivity contribution in [1.29, 1.82) is 0 Å². The Labute approximate surface area is 114 Å². The maximum atomic E-state index is 6.41. The predicted molar refractivity (Wildman–Crippen MR) is 76.5 cm³/mol. The van der Waals surface area contributed by atoms with E-state index in [0.29, 0.717) is 6.04 Å². The maximum Gasteiger partial charge on any atom is 0.0670 e. The summed E-state index contributed by atoms with van der Waals surface area (Å²) < 4.78 is 5.56. The van der Waals surface area contributed by atoms with Crippen LogP contribution in [0.4, 0.5) is 5.69 Å². The van der Waals surface area contributed by atoms with Crippen molar-refractivity contribution in [2.24, 2.45) is 0 Å². The Bertz CT molecular complexity index is 397. The molecular weight excluding hydrogens is 248 g/mol. The summed E-state index contributed by atoms with van der Waals surface area (Å²) in [5.74, 6) is 0. The van der Waals surface area contributed by atoms with Crippen LogP contribution in [-0.2, 0) is 11.3 Å². The van der Waals surface area contributed by atoms with Crippen LogP contribution >= 0.6 is 11.6 Å². The Balaban J connectivity index is 2.35. The van der Waals surface area contributed by atoms with Crippen LogP contribution in [0.25, 0.3) is 0 Å². The van der Waals surface area contributed by atoms with Gasteiger partial charge in [-0.1, -0.05) is 30.7 Å². The zero-order valence-corrected chi connectivity index (χ0v) is 11.8. The molecule has 3 nitrogen and oxygen atoms in total. The maximum absolute atomic E-state index is 6.41. The fourth-order valence-corrected chi connectivity index (χ4v) is 2.80. The quantitative estimate of drug-likeness (QED) is 0.909. The molecule has 1 saturated heterocycles. The standard InChI is InChI=1S/C14H21ClN2O/c1-3-12-10-18-8-7-17(12)14-11(9-16-2)5-4-6-13(14)15/h4-6,12,16H,3,7-10H2,1-2H3. The Morgan fingerprint density at radius 3 is 3.06 bits per heavy atom. The van der Waals surface area contributed by atoms with E-state index >= 15 is 0 Å². The highest BCUT2D eigenvalue weighted by molar-refractivity contribution is 6.33. The Morgan fingerprint density at radius 2 is 2.33 bits per heavy atom. The molecule has 0 aromatic heterocycles. The third-order valence-corrected chi connectivity index (χ3v) is 3.73. The molecule has 1 atom stereocenters. The first-order valence-electron chi connectivity index (χ1n) is 6.54. The van der Waals surface area contributed by atoms with Gasteiger partial charge in [-0.25, -0.2) is 0 Å². The van der Waals surface area contributed by atoms with Gasteiger partial charge in [-0.3, -0.25) is 0 Å². The fourth-order valence-electron chi connectivity index (χ4n) is 2.50. The molecule has 1 aromatic rings. The van der Waals surface area contributed by atoms with Crippen molar-refractivity contribution in [3.8, 4) is 0 Å². The van der Waals surface area contributed by atoms with Gasteiger partial charge in [0.05, 0.1) is 30.0 Å². The number of morpholine rings is 1. The fraction of sp³-hybridized carbons (Fsp3) is 0.571. The normalized spacial score (nSPS) is 20.2. The van der Waals surface area contributed by atoms with Gasteiger partial charge in [-0.05, 0) is 25.1 Å². The summed E-state index contributed by atoms with van der Waals surface area (Å²) in [6, 6.07) is 6.55. The first-order chi connectivity index (χ1) is 8.77. The van der Waals surface area contributed by atoms with E-state index in [2.05, 4.69) is 23.2 Å². The van der Waals surface area contributed by atoms with Gasteiger partial charge in [0.2, 0.25) is 0 Å². The van der Waals surface area contributed by atoms with Crippen LogP contribution < -0.4 is 10.2 Å². The van der Waals surface area contributed by atoms with Crippen molar-refractivity contribution in [1.82, 2.24) is 5.32 Å². The van der Waals surface area contributed by atoms with Crippen molar-refractivity contribution in [3.05, 3.63) is 28.8 Å². The Kier molecular flexibility index (Phi) is 4.87. The van der Waals surface area contributed by atoms with Crippen molar-refractivity contribution in [2.75, 3.05) is 31.7 Å². The number of ether oxygens (including phenoxy) is 1. The average molecular weight is 269 g/mol. The molecule has 1 fully saturated rings. The molecule has 0 bridgehead atoms. The third kappa shape index (κ3) is 2.79. The second-order valence-electron chi connectivity index (χ2n) is 4.61. The molecule has 2 rings (SSSR count). The zero-order chi connectivity index (χ0) is 13.0. The van der Waals surface area contributed by atoms with Crippen molar-refractivity contribution >= 4 is 17.3 Å².